The van der Waals surface area contributed by atoms with Crippen molar-refractivity contribution in [1.29, 1.82) is 0 Å². The van der Waals surface area contributed by atoms with Crippen LogP contribution in [-0.2, 0) is 19.3 Å². The molecule has 132 valence electrons. The lowest BCUT2D eigenvalue weighted by Gasteiger charge is -2.12. The third kappa shape index (κ3) is 6.72. The fraction of sp³-hybridized carbons (Fsp3) is 0.471. The molecule has 0 aromatic carbocycles. The number of halogens is 1. The van der Waals surface area contributed by atoms with Crippen LogP contribution < -0.4 is 10.6 Å². The van der Waals surface area contributed by atoms with E-state index < -0.39 is 0 Å². The van der Waals surface area contributed by atoms with Gasteiger partial charge in [0.05, 0.1) is 5.01 Å². The number of aryl methyl sites for hydroxylation is 2. The quantitative estimate of drug-likeness (QED) is 0.380. The molecule has 2 heterocycles. The molecule has 0 aliphatic rings. The Morgan fingerprint density at radius 3 is 2.58 bits per heavy atom. The lowest BCUT2D eigenvalue weighted by Crippen LogP contribution is -2.39. The molecule has 7 heteroatoms. The SMILES string of the molecule is CCc1cnc(CCNC(=NC)NCCc2ccncc2C)s1.I. The van der Waals surface area contributed by atoms with Crippen molar-refractivity contribution in [1.82, 2.24) is 20.6 Å². The molecule has 2 aromatic heterocycles. The Balaban J connectivity index is 0.00000288. The molecule has 0 aliphatic carbocycles. The first-order chi connectivity index (χ1) is 11.2. The van der Waals surface area contributed by atoms with Gasteiger partial charge in [-0.3, -0.25) is 9.98 Å². The van der Waals surface area contributed by atoms with E-state index in [1.807, 2.05) is 18.6 Å². The maximum absolute atomic E-state index is 4.43. The highest BCUT2D eigenvalue weighted by atomic mass is 127. The molecule has 0 amide bonds. The van der Waals surface area contributed by atoms with Gasteiger partial charge in [-0.25, -0.2) is 4.98 Å². The van der Waals surface area contributed by atoms with E-state index >= 15 is 0 Å². The summed E-state index contributed by atoms with van der Waals surface area (Å²) in [7, 11) is 1.80. The monoisotopic (exact) mass is 459 g/mol. The van der Waals surface area contributed by atoms with Gasteiger partial charge >= 0.3 is 0 Å². The van der Waals surface area contributed by atoms with Gasteiger partial charge in [0.15, 0.2) is 5.96 Å². The number of hydrogen-bond acceptors (Lipinski definition) is 4. The van der Waals surface area contributed by atoms with Gasteiger partial charge in [-0.05, 0) is 37.0 Å². The highest BCUT2D eigenvalue weighted by Gasteiger charge is 2.03. The van der Waals surface area contributed by atoms with Gasteiger partial charge < -0.3 is 10.6 Å². The number of aromatic nitrogens is 2. The Hall–Kier alpha value is -1.22. The van der Waals surface area contributed by atoms with Crippen LogP contribution in [0.25, 0.3) is 0 Å². The molecule has 0 unspecified atom stereocenters. The average Bonchev–Trinajstić information content (AvgIpc) is 3.03. The zero-order valence-corrected chi connectivity index (χ0v) is 17.6. The van der Waals surface area contributed by atoms with Crippen molar-refractivity contribution in [2.75, 3.05) is 20.1 Å². The summed E-state index contributed by atoms with van der Waals surface area (Å²) in [6.45, 7) is 5.94. The largest absolute Gasteiger partial charge is 0.356 e. The summed E-state index contributed by atoms with van der Waals surface area (Å²) in [6, 6.07) is 2.07. The van der Waals surface area contributed by atoms with E-state index in [0.717, 1.165) is 38.3 Å². The summed E-state index contributed by atoms with van der Waals surface area (Å²) < 4.78 is 0. The summed E-state index contributed by atoms with van der Waals surface area (Å²) in [5.41, 5.74) is 2.55. The van der Waals surface area contributed by atoms with E-state index in [1.54, 1.807) is 18.4 Å². The minimum Gasteiger partial charge on any atom is -0.356 e. The van der Waals surface area contributed by atoms with E-state index in [1.165, 1.54) is 21.0 Å². The van der Waals surface area contributed by atoms with Crippen molar-refractivity contribution < 1.29 is 0 Å². The lowest BCUT2D eigenvalue weighted by molar-refractivity contribution is 0.780. The second kappa shape index (κ2) is 11.4. The molecule has 0 radical (unpaired) electrons. The second-order valence-electron chi connectivity index (χ2n) is 5.30. The van der Waals surface area contributed by atoms with Crippen molar-refractivity contribution in [3.8, 4) is 0 Å². The van der Waals surface area contributed by atoms with Crippen LogP contribution >= 0.6 is 35.3 Å². The molecule has 0 fully saturated rings. The van der Waals surface area contributed by atoms with Crippen molar-refractivity contribution in [3.63, 3.8) is 0 Å². The smallest absolute Gasteiger partial charge is 0.191 e. The number of rotatable bonds is 7. The van der Waals surface area contributed by atoms with Gasteiger partial charge in [0.1, 0.15) is 0 Å². The molecule has 0 aliphatic heterocycles. The maximum Gasteiger partial charge on any atom is 0.191 e. The van der Waals surface area contributed by atoms with E-state index in [9.17, 15) is 0 Å². The summed E-state index contributed by atoms with van der Waals surface area (Å²) in [5, 5.41) is 7.87. The van der Waals surface area contributed by atoms with Crippen LogP contribution in [0.1, 0.15) is 27.9 Å². The number of hydrogen-bond donors (Lipinski definition) is 2. The minimum atomic E-state index is 0. The molecule has 0 spiro atoms. The van der Waals surface area contributed by atoms with Crippen molar-refractivity contribution in [3.05, 3.63) is 45.7 Å². The fourth-order valence-corrected chi connectivity index (χ4v) is 3.10. The zero-order chi connectivity index (χ0) is 16.5. The number of nitrogens with one attached hydrogen (secondary N) is 2. The molecule has 24 heavy (non-hydrogen) atoms. The Morgan fingerprint density at radius 2 is 1.96 bits per heavy atom. The molecule has 0 bridgehead atoms. The van der Waals surface area contributed by atoms with Crippen molar-refractivity contribution in [2.24, 2.45) is 4.99 Å². The highest BCUT2D eigenvalue weighted by molar-refractivity contribution is 14.0. The van der Waals surface area contributed by atoms with Crippen LogP contribution in [-0.4, -0.2) is 36.1 Å². The van der Waals surface area contributed by atoms with Gasteiger partial charge in [-0.1, -0.05) is 6.92 Å². The van der Waals surface area contributed by atoms with Crippen LogP contribution in [0, 0.1) is 6.92 Å². The van der Waals surface area contributed by atoms with E-state index in [-0.39, 0.29) is 24.0 Å². The normalized spacial score (nSPS) is 11.0. The summed E-state index contributed by atoms with van der Waals surface area (Å²) in [4.78, 5) is 14.2. The zero-order valence-electron chi connectivity index (χ0n) is 14.5. The lowest BCUT2D eigenvalue weighted by atomic mass is 10.1. The standard InChI is InChI=1S/C17H25N5S.HI/c1-4-15-12-22-16(23-15)7-10-21-17(18-3)20-9-6-14-5-8-19-11-13(14)2;/h5,8,11-12H,4,6-7,9-10H2,1-3H3,(H2,18,20,21);1H. The first kappa shape index (κ1) is 20.8. The van der Waals surface area contributed by atoms with Crippen molar-refractivity contribution in [2.45, 2.75) is 33.1 Å². The molecule has 0 saturated heterocycles. The van der Waals surface area contributed by atoms with Crippen LogP contribution in [0.4, 0.5) is 0 Å². The first-order valence-electron chi connectivity index (χ1n) is 8.00. The number of nitrogens with zero attached hydrogens (tertiary/aromatic N) is 3. The van der Waals surface area contributed by atoms with Gasteiger partial charge in [-0.15, -0.1) is 35.3 Å². The topological polar surface area (TPSA) is 62.2 Å². The van der Waals surface area contributed by atoms with Crippen LogP contribution in [0.5, 0.6) is 0 Å². The summed E-state index contributed by atoms with van der Waals surface area (Å²) >= 11 is 1.79. The highest BCUT2D eigenvalue weighted by Crippen LogP contribution is 2.13. The Labute approximate surface area is 165 Å². The van der Waals surface area contributed by atoms with E-state index in [0.29, 0.717) is 0 Å². The number of pyridine rings is 1. The molecule has 2 aromatic rings. The van der Waals surface area contributed by atoms with Gasteiger partial charge in [-0.2, -0.15) is 0 Å². The number of aliphatic imine (C=N–C) groups is 1. The molecular formula is C17H26IN5S. The summed E-state index contributed by atoms with van der Waals surface area (Å²) in [5.74, 6) is 0.837. The average molecular weight is 459 g/mol. The first-order valence-corrected chi connectivity index (χ1v) is 8.82. The Morgan fingerprint density at radius 1 is 1.21 bits per heavy atom. The predicted molar refractivity (Wildman–Crippen MR) is 113 cm³/mol. The van der Waals surface area contributed by atoms with Crippen molar-refractivity contribution >= 4 is 41.3 Å². The Kier molecular flexibility index (Phi) is 9.85. The van der Waals surface area contributed by atoms with E-state index in [4.69, 9.17) is 0 Å². The van der Waals surface area contributed by atoms with Gasteiger partial charge in [0.2, 0.25) is 0 Å². The van der Waals surface area contributed by atoms with E-state index in [2.05, 4.69) is 45.5 Å². The predicted octanol–water partition coefficient (Wildman–Crippen LogP) is 2.98. The summed E-state index contributed by atoms with van der Waals surface area (Å²) in [6.07, 6.45) is 8.66. The Bertz CT molecular complexity index is 641. The maximum atomic E-state index is 4.43. The van der Waals surface area contributed by atoms with Gasteiger partial charge in [0.25, 0.3) is 0 Å². The van der Waals surface area contributed by atoms with Gasteiger partial charge in [0, 0.05) is 50.0 Å². The fourth-order valence-electron chi connectivity index (χ4n) is 2.23. The number of guanidine groups is 1. The molecule has 0 saturated carbocycles. The minimum absolute atomic E-state index is 0. The second-order valence-corrected chi connectivity index (χ2v) is 6.50. The molecule has 5 nitrogen and oxygen atoms in total. The van der Waals surface area contributed by atoms with Crippen LogP contribution in [0.3, 0.4) is 0 Å². The van der Waals surface area contributed by atoms with Crippen LogP contribution in [0.2, 0.25) is 0 Å². The third-order valence-electron chi connectivity index (χ3n) is 3.63. The molecule has 2 rings (SSSR count). The molecular weight excluding hydrogens is 433 g/mol. The van der Waals surface area contributed by atoms with Crippen LogP contribution in [0.15, 0.2) is 29.6 Å². The third-order valence-corrected chi connectivity index (χ3v) is 4.83. The molecule has 0 atom stereocenters. The molecule has 2 N–H and O–H groups in total. The number of thiazole rings is 1.